The molecule has 0 aromatic carbocycles. The van der Waals surface area contributed by atoms with Gasteiger partial charge in [0.1, 0.15) is 0 Å². The van der Waals surface area contributed by atoms with Gasteiger partial charge in [-0.05, 0) is 17.8 Å². The fraction of sp³-hybridized carbons (Fsp3) is 1.00. The van der Waals surface area contributed by atoms with E-state index in [4.69, 9.17) is 0 Å². The lowest BCUT2D eigenvalue weighted by molar-refractivity contribution is 0.612. The number of rotatable bonds is 0. The van der Waals surface area contributed by atoms with E-state index in [0.29, 0.717) is 0 Å². The molecule has 0 heteroatoms. The molecular formula is C31H70. The third kappa shape index (κ3) is 34.8. The molecule has 0 unspecified atom stereocenters. The Morgan fingerprint density at radius 3 is 0.452 bits per heavy atom. The van der Waals surface area contributed by atoms with E-state index >= 15 is 0 Å². The Morgan fingerprint density at radius 1 is 0.258 bits per heavy atom. The summed E-state index contributed by atoms with van der Waals surface area (Å²) in [5.41, 5.74) is 0. The zero-order valence-electron chi connectivity index (χ0n) is 24.8. The van der Waals surface area contributed by atoms with Crippen molar-refractivity contribution in [1.29, 1.82) is 0 Å². The summed E-state index contributed by atoms with van der Waals surface area (Å²) >= 11 is 0. The van der Waals surface area contributed by atoms with Gasteiger partial charge in [-0.25, -0.2) is 0 Å². The van der Waals surface area contributed by atoms with Gasteiger partial charge in [0.15, 0.2) is 0 Å². The fourth-order valence-electron chi connectivity index (χ4n) is 4.27. The molecule has 0 spiro atoms. The van der Waals surface area contributed by atoms with E-state index < -0.39 is 0 Å². The van der Waals surface area contributed by atoms with Crippen molar-refractivity contribution in [2.75, 3.05) is 0 Å². The van der Waals surface area contributed by atoms with Crippen LogP contribution in [0, 0.1) is 17.8 Å². The van der Waals surface area contributed by atoms with Crippen LogP contribution in [0.4, 0.5) is 0 Å². The highest BCUT2D eigenvalue weighted by Gasteiger charge is 2.08. The summed E-state index contributed by atoms with van der Waals surface area (Å²) in [5, 5.41) is 0. The van der Waals surface area contributed by atoms with E-state index in [2.05, 4.69) is 20.8 Å². The first-order chi connectivity index (χ1) is 15.2. The van der Waals surface area contributed by atoms with Crippen LogP contribution in [0.5, 0.6) is 0 Å². The summed E-state index contributed by atoms with van der Waals surface area (Å²) < 4.78 is 0. The van der Waals surface area contributed by atoms with Gasteiger partial charge in [0.25, 0.3) is 0 Å². The van der Waals surface area contributed by atoms with Crippen molar-refractivity contribution in [1.82, 2.24) is 0 Å². The van der Waals surface area contributed by atoms with Crippen LogP contribution in [0.2, 0.25) is 0 Å². The van der Waals surface area contributed by atoms with Crippen molar-refractivity contribution in [3.8, 4) is 0 Å². The van der Waals surface area contributed by atoms with Crippen LogP contribution in [0.25, 0.3) is 0 Å². The van der Waals surface area contributed by atoms with Crippen molar-refractivity contribution in [3.05, 3.63) is 0 Å². The Bertz CT molecular complexity index is 182. The van der Waals surface area contributed by atoms with E-state index in [1.54, 1.807) is 0 Å². The fourth-order valence-corrected chi connectivity index (χ4v) is 4.27. The smallest absolute Gasteiger partial charge is 0.0443 e. The maximum Gasteiger partial charge on any atom is -0.0443 e. The van der Waals surface area contributed by atoms with Gasteiger partial charge in [-0.3, -0.25) is 0 Å². The second-order valence-corrected chi connectivity index (χ2v) is 8.94. The van der Waals surface area contributed by atoms with Crippen LogP contribution in [0.1, 0.15) is 185 Å². The van der Waals surface area contributed by atoms with Crippen LogP contribution in [-0.4, -0.2) is 0 Å². The zero-order valence-corrected chi connectivity index (χ0v) is 24.8. The second kappa shape index (κ2) is 37.3. The molecule has 0 bridgehead atoms. The van der Waals surface area contributed by atoms with Gasteiger partial charge in [0.05, 0.1) is 0 Å². The minimum absolute atomic E-state index is 1.05. The summed E-state index contributed by atoms with van der Waals surface area (Å²) in [5.74, 6) is 3.14. The van der Waals surface area contributed by atoms with Crippen LogP contribution in [0.15, 0.2) is 0 Å². The molecule has 0 saturated heterocycles. The SMILES string of the molecule is C1CCCC1.CC.CC.CC.CC.CC1CCCC1.CC1CCCC1.CC1CCCC1. The van der Waals surface area contributed by atoms with Gasteiger partial charge in [-0.1, -0.05) is 185 Å². The highest BCUT2D eigenvalue weighted by atomic mass is 14.1. The lowest BCUT2D eigenvalue weighted by Crippen LogP contribution is -1.78. The van der Waals surface area contributed by atoms with Gasteiger partial charge in [0.2, 0.25) is 0 Å². The first kappa shape index (κ1) is 38.3. The number of hydrogen-bond acceptors (Lipinski definition) is 0. The van der Waals surface area contributed by atoms with E-state index in [1.807, 2.05) is 55.4 Å². The molecule has 0 aliphatic heterocycles. The Morgan fingerprint density at radius 2 is 0.387 bits per heavy atom. The van der Waals surface area contributed by atoms with Crippen LogP contribution in [-0.2, 0) is 0 Å². The van der Waals surface area contributed by atoms with Crippen LogP contribution >= 0.6 is 0 Å². The third-order valence-corrected chi connectivity index (χ3v) is 6.18. The minimum atomic E-state index is 1.05. The molecule has 194 valence electrons. The molecule has 4 aliphatic carbocycles. The molecule has 4 rings (SSSR count). The molecule has 31 heavy (non-hydrogen) atoms. The minimum Gasteiger partial charge on any atom is -0.0683 e. The van der Waals surface area contributed by atoms with Crippen LogP contribution < -0.4 is 0 Å². The molecule has 4 saturated carbocycles. The average molecular weight is 443 g/mol. The lowest BCUT2D eigenvalue weighted by atomic mass is 10.2. The second-order valence-electron chi connectivity index (χ2n) is 8.94. The van der Waals surface area contributed by atoms with Gasteiger partial charge >= 0.3 is 0 Å². The maximum atomic E-state index is 2.34. The molecule has 0 aromatic rings. The van der Waals surface area contributed by atoms with E-state index in [-0.39, 0.29) is 0 Å². The van der Waals surface area contributed by atoms with Gasteiger partial charge in [-0.15, -0.1) is 0 Å². The molecule has 0 atom stereocenters. The predicted octanol–water partition coefficient (Wildman–Crippen LogP) is 12.6. The maximum absolute atomic E-state index is 2.34. The van der Waals surface area contributed by atoms with E-state index in [0.717, 1.165) is 17.8 Å². The summed E-state index contributed by atoms with van der Waals surface area (Å²) in [6.07, 6.45) is 25.3. The molecule has 4 aliphatic rings. The summed E-state index contributed by atoms with van der Waals surface area (Å²) in [4.78, 5) is 0. The molecular weight excluding hydrogens is 372 g/mol. The van der Waals surface area contributed by atoms with Crippen molar-refractivity contribution in [2.24, 2.45) is 17.8 Å². The topological polar surface area (TPSA) is 0 Å². The van der Waals surface area contributed by atoms with Crippen molar-refractivity contribution in [3.63, 3.8) is 0 Å². The molecule has 0 heterocycles. The standard InChI is InChI=1S/3C6H12.C5H10.4C2H6/c3*1-6-4-2-3-5-6;1-2-4-5-3-1;4*1-2/h3*6H,2-5H2,1H3;1-5H2;4*1-2H3. The van der Waals surface area contributed by atoms with Crippen molar-refractivity contribution < 1.29 is 0 Å². The molecule has 0 amide bonds. The van der Waals surface area contributed by atoms with Gasteiger partial charge in [0, 0.05) is 0 Å². The Kier molecular flexibility index (Phi) is 46.1. The van der Waals surface area contributed by atoms with Crippen LogP contribution in [0.3, 0.4) is 0 Å². The zero-order chi connectivity index (χ0) is 24.8. The van der Waals surface area contributed by atoms with E-state index in [1.165, 1.54) is 109 Å². The van der Waals surface area contributed by atoms with Gasteiger partial charge < -0.3 is 0 Å². The van der Waals surface area contributed by atoms with Crippen molar-refractivity contribution in [2.45, 2.75) is 185 Å². The molecule has 0 radical (unpaired) electrons. The molecule has 0 aromatic heterocycles. The Balaban J connectivity index is -0.000000142. The highest BCUT2D eigenvalue weighted by Crippen LogP contribution is 2.24. The van der Waals surface area contributed by atoms with Gasteiger partial charge in [-0.2, -0.15) is 0 Å². The first-order valence-electron chi connectivity index (χ1n) is 15.2. The third-order valence-electron chi connectivity index (χ3n) is 6.18. The predicted molar refractivity (Wildman–Crippen MR) is 151 cm³/mol. The summed E-state index contributed by atoms with van der Waals surface area (Å²) in [6, 6.07) is 0. The largest absolute Gasteiger partial charge is 0.0683 e. The Labute approximate surface area is 203 Å². The molecule has 0 nitrogen and oxygen atoms in total. The number of hydrogen-bond donors (Lipinski definition) is 0. The summed E-state index contributed by atoms with van der Waals surface area (Å²) in [6.45, 7) is 23.0. The molecule has 4 fully saturated rings. The Hall–Kier alpha value is 0. The lowest BCUT2D eigenvalue weighted by Gasteiger charge is -1.91. The first-order valence-corrected chi connectivity index (χ1v) is 15.2. The molecule has 0 N–H and O–H groups in total. The average Bonchev–Trinajstić information content (AvgIpc) is 3.65. The monoisotopic (exact) mass is 443 g/mol. The summed E-state index contributed by atoms with van der Waals surface area (Å²) in [7, 11) is 0. The van der Waals surface area contributed by atoms with E-state index in [9.17, 15) is 0 Å². The highest BCUT2D eigenvalue weighted by molar-refractivity contribution is 4.61. The normalized spacial score (nSPS) is 19.5. The van der Waals surface area contributed by atoms with Crippen molar-refractivity contribution >= 4 is 0 Å². The quantitative estimate of drug-likeness (QED) is 0.350.